The van der Waals surface area contributed by atoms with Gasteiger partial charge in [0.25, 0.3) is 0 Å². The van der Waals surface area contributed by atoms with Crippen LogP contribution in [0.25, 0.3) is 0 Å². The highest BCUT2D eigenvalue weighted by molar-refractivity contribution is 7.88. The number of nitrogens with one attached hydrogen (secondary N) is 1. The smallest absolute Gasteiger partial charge is 0.215 e. The van der Waals surface area contributed by atoms with E-state index in [9.17, 15) is 13.5 Å². The van der Waals surface area contributed by atoms with Crippen LogP contribution in [0.4, 0.5) is 0 Å². The first-order valence-corrected chi connectivity index (χ1v) is 9.31. The number of benzene rings is 2. The Morgan fingerprint density at radius 2 is 1.67 bits per heavy atom. The van der Waals surface area contributed by atoms with Crippen molar-refractivity contribution in [1.82, 2.24) is 4.72 Å². The molecule has 0 bridgehead atoms. The summed E-state index contributed by atoms with van der Waals surface area (Å²) in [5.41, 5.74) is 0.432. The highest BCUT2D eigenvalue weighted by Crippen LogP contribution is 2.17. The molecule has 2 rings (SSSR count). The van der Waals surface area contributed by atoms with Crippen LogP contribution in [0.2, 0.25) is 0 Å². The maximum atomic E-state index is 12.1. The number of methoxy groups -OCH3 is 1. The first kappa shape index (κ1) is 18.4. The van der Waals surface area contributed by atoms with Gasteiger partial charge in [-0.2, -0.15) is 0 Å². The lowest BCUT2D eigenvalue weighted by molar-refractivity contribution is 0.0657. The molecule has 0 heterocycles. The van der Waals surface area contributed by atoms with Crippen molar-refractivity contribution >= 4 is 10.0 Å². The molecule has 130 valence electrons. The molecule has 0 spiro atoms. The summed E-state index contributed by atoms with van der Waals surface area (Å²) < 4.78 is 31.9. The lowest BCUT2D eigenvalue weighted by atomic mass is 9.97. The highest BCUT2D eigenvalue weighted by atomic mass is 32.2. The molecule has 0 saturated heterocycles. The van der Waals surface area contributed by atoms with Gasteiger partial charge >= 0.3 is 0 Å². The summed E-state index contributed by atoms with van der Waals surface area (Å²) >= 11 is 0. The molecular formula is C18H23NO4S. The molecule has 2 aromatic carbocycles. The van der Waals surface area contributed by atoms with E-state index in [-0.39, 0.29) is 12.3 Å². The predicted octanol–water partition coefficient (Wildman–Crippen LogP) is 2.11. The van der Waals surface area contributed by atoms with E-state index in [0.717, 1.165) is 11.3 Å². The fourth-order valence-corrected chi connectivity index (χ4v) is 3.62. The summed E-state index contributed by atoms with van der Waals surface area (Å²) in [6.07, 6.45) is 0.338. The molecule has 0 aliphatic carbocycles. The number of aliphatic hydroxyl groups is 1. The number of hydrogen-bond acceptors (Lipinski definition) is 4. The molecule has 2 aromatic rings. The van der Waals surface area contributed by atoms with Crippen molar-refractivity contribution in [2.45, 2.75) is 24.7 Å². The summed E-state index contributed by atoms with van der Waals surface area (Å²) in [7, 11) is -1.91. The minimum absolute atomic E-state index is 0.0474. The minimum Gasteiger partial charge on any atom is -0.497 e. The Kier molecular flexibility index (Phi) is 5.99. The van der Waals surface area contributed by atoms with E-state index < -0.39 is 15.6 Å². The van der Waals surface area contributed by atoms with Gasteiger partial charge in [0.2, 0.25) is 10.0 Å². The van der Waals surface area contributed by atoms with Crippen LogP contribution in [-0.4, -0.2) is 32.8 Å². The van der Waals surface area contributed by atoms with Crippen molar-refractivity contribution in [2.75, 3.05) is 13.7 Å². The van der Waals surface area contributed by atoms with Crippen molar-refractivity contribution < 1.29 is 18.3 Å². The molecule has 0 radical (unpaired) electrons. The van der Waals surface area contributed by atoms with Gasteiger partial charge in [0.05, 0.1) is 18.5 Å². The van der Waals surface area contributed by atoms with E-state index in [1.807, 2.05) is 30.3 Å². The number of sulfonamides is 1. The van der Waals surface area contributed by atoms with Crippen LogP contribution in [-0.2, 0) is 22.2 Å². The Morgan fingerprint density at radius 3 is 2.25 bits per heavy atom. The van der Waals surface area contributed by atoms with Crippen molar-refractivity contribution in [3.63, 3.8) is 0 Å². The second-order valence-corrected chi connectivity index (χ2v) is 7.89. The summed E-state index contributed by atoms with van der Waals surface area (Å²) in [4.78, 5) is 0. The van der Waals surface area contributed by atoms with Crippen LogP contribution in [0.1, 0.15) is 18.1 Å². The van der Waals surface area contributed by atoms with Crippen LogP contribution in [0, 0.1) is 0 Å². The Balaban J connectivity index is 1.93. The minimum atomic E-state index is -3.50. The van der Waals surface area contributed by atoms with E-state index in [1.165, 1.54) is 0 Å². The molecule has 6 heteroatoms. The molecule has 2 N–H and O–H groups in total. The lowest BCUT2D eigenvalue weighted by Crippen LogP contribution is -2.42. The van der Waals surface area contributed by atoms with Crippen LogP contribution in [0.5, 0.6) is 5.75 Å². The van der Waals surface area contributed by atoms with Gasteiger partial charge in [-0.15, -0.1) is 0 Å². The Hall–Kier alpha value is -1.89. The standard InChI is InChI=1S/C18H23NO4S/c1-18(20,12-15-8-10-17(23-2)11-9-15)14-19-24(21,22)13-16-6-4-3-5-7-16/h3-11,19-20H,12-14H2,1-2H3/t18-/m1/s1. The molecular weight excluding hydrogens is 326 g/mol. The SMILES string of the molecule is COc1ccc(C[C@@](C)(O)CNS(=O)(=O)Cc2ccccc2)cc1. The molecule has 0 aliphatic rings. The normalized spacial score (nSPS) is 14.1. The van der Waals surface area contributed by atoms with Gasteiger partial charge in [0.15, 0.2) is 0 Å². The first-order chi connectivity index (χ1) is 11.3. The van der Waals surface area contributed by atoms with Crippen molar-refractivity contribution in [1.29, 1.82) is 0 Å². The largest absolute Gasteiger partial charge is 0.497 e. The van der Waals surface area contributed by atoms with Crippen LogP contribution in [0.3, 0.4) is 0 Å². The lowest BCUT2D eigenvalue weighted by Gasteiger charge is -2.24. The van der Waals surface area contributed by atoms with E-state index in [0.29, 0.717) is 12.0 Å². The molecule has 0 saturated carbocycles. The molecule has 0 aromatic heterocycles. The molecule has 24 heavy (non-hydrogen) atoms. The van der Waals surface area contributed by atoms with Crippen LogP contribution in [0.15, 0.2) is 54.6 Å². The Bertz CT molecular complexity index is 740. The van der Waals surface area contributed by atoms with Crippen LogP contribution < -0.4 is 9.46 Å². The molecule has 0 fully saturated rings. The molecule has 1 atom stereocenters. The highest BCUT2D eigenvalue weighted by Gasteiger charge is 2.24. The van der Waals surface area contributed by atoms with Crippen molar-refractivity contribution in [3.8, 4) is 5.75 Å². The van der Waals surface area contributed by atoms with Gasteiger partial charge in [-0.05, 0) is 30.2 Å². The quantitative estimate of drug-likeness (QED) is 0.765. The zero-order valence-corrected chi connectivity index (χ0v) is 14.7. The average molecular weight is 349 g/mol. The van der Waals surface area contributed by atoms with Gasteiger partial charge < -0.3 is 9.84 Å². The summed E-state index contributed by atoms with van der Waals surface area (Å²) in [5.74, 6) is 0.633. The summed E-state index contributed by atoms with van der Waals surface area (Å²) in [6, 6.07) is 16.3. The fraction of sp³-hybridized carbons (Fsp3) is 0.333. The monoisotopic (exact) mass is 349 g/mol. The van der Waals surface area contributed by atoms with E-state index >= 15 is 0 Å². The molecule has 0 amide bonds. The van der Waals surface area contributed by atoms with Gasteiger partial charge in [0, 0.05) is 13.0 Å². The molecule has 0 aliphatic heterocycles. The van der Waals surface area contributed by atoms with Gasteiger partial charge in [-0.3, -0.25) is 0 Å². The van der Waals surface area contributed by atoms with E-state index in [1.54, 1.807) is 38.3 Å². The summed E-state index contributed by atoms with van der Waals surface area (Å²) in [6.45, 7) is 1.57. The Labute approximate surface area is 143 Å². The number of ether oxygens (including phenoxy) is 1. The Morgan fingerprint density at radius 1 is 1.04 bits per heavy atom. The van der Waals surface area contributed by atoms with Gasteiger partial charge in [0.1, 0.15) is 5.75 Å². The average Bonchev–Trinajstić information content (AvgIpc) is 2.54. The second-order valence-electron chi connectivity index (χ2n) is 6.09. The second kappa shape index (κ2) is 7.79. The van der Waals surface area contributed by atoms with Crippen molar-refractivity contribution in [3.05, 3.63) is 65.7 Å². The van der Waals surface area contributed by atoms with Gasteiger partial charge in [-0.1, -0.05) is 42.5 Å². The van der Waals surface area contributed by atoms with Gasteiger partial charge in [-0.25, -0.2) is 13.1 Å². The van der Waals surface area contributed by atoms with E-state index in [4.69, 9.17) is 4.74 Å². The third-order valence-corrected chi connectivity index (χ3v) is 4.91. The number of rotatable bonds is 8. The van der Waals surface area contributed by atoms with E-state index in [2.05, 4.69) is 4.72 Å². The van der Waals surface area contributed by atoms with Crippen LogP contribution >= 0.6 is 0 Å². The summed E-state index contributed by atoms with van der Waals surface area (Å²) in [5, 5.41) is 10.5. The first-order valence-electron chi connectivity index (χ1n) is 7.66. The fourth-order valence-electron chi connectivity index (χ4n) is 2.36. The molecule has 0 unspecified atom stereocenters. The zero-order valence-electron chi connectivity index (χ0n) is 13.9. The number of hydrogen-bond donors (Lipinski definition) is 2. The zero-order chi connectivity index (χ0) is 17.6. The molecule has 5 nitrogen and oxygen atoms in total. The maximum Gasteiger partial charge on any atom is 0.215 e. The van der Waals surface area contributed by atoms with Crippen molar-refractivity contribution in [2.24, 2.45) is 0 Å². The topological polar surface area (TPSA) is 75.6 Å². The maximum absolute atomic E-state index is 12.1. The third kappa shape index (κ3) is 5.96. The predicted molar refractivity (Wildman–Crippen MR) is 94.4 cm³/mol. The third-order valence-electron chi connectivity index (χ3n) is 3.62.